The number of ether oxygens (including phenoxy) is 1. The molecule has 0 aromatic carbocycles. The fourth-order valence-corrected chi connectivity index (χ4v) is 1.66. The van der Waals surface area contributed by atoms with Crippen molar-refractivity contribution in [3.8, 4) is 0 Å². The molecular weight excluding hydrogens is 238 g/mol. The summed E-state index contributed by atoms with van der Waals surface area (Å²) in [7, 11) is 3.88. The van der Waals surface area contributed by atoms with Crippen LogP contribution in [0.15, 0.2) is 17.6 Å². The maximum atomic E-state index is 5.55. The molecule has 112 valence electrons. The topological polar surface area (TPSA) is 36.9 Å². The molecule has 0 aliphatic heterocycles. The largest absolute Gasteiger partial charge is 0.381 e. The number of allylic oxidation sites excluding steroid dienone is 1. The van der Waals surface area contributed by atoms with E-state index < -0.39 is 0 Å². The lowest BCUT2D eigenvalue weighted by atomic mass is 10.2. The van der Waals surface area contributed by atoms with Gasteiger partial charge in [0.25, 0.3) is 0 Å². The first-order valence-corrected chi connectivity index (χ1v) is 7.22. The zero-order chi connectivity index (χ0) is 14.5. The highest BCUT2D eigenvalue weighted by atomic mass is 16.5. The number of guanidine groups is 1. The Balaban J connectivity index is 3.67. The van der Waals surface area contributed by atoms with Gasteiger partial charge in [-0.1, -0.05) is 19.9 Å². The predicted octanol–water partition coefficient (Wildman–Crippen LogP) is 2.52. The lowest BCUT2D eigenvalue weighted by Crippen LogP contribution is -2.40. The molecule has 1 N–H and O–H groups in total. The van der Waals surface area contributed by atoms with Crippen molar-refractivity contribution in [1.29, 1.82) is 0 Å². The number of nitrogens with one attached hydrogen (secondary N) is 1. The summed E-state index contributed by atoms with van der Waals surface area (Å²) in [6, 6.07) is 0. The van der Waals surface area contributed by atoms with Crippen LogP contribution in [-0.4, -0.2) is 51.3 Å². The first kappa shape index (κ1) is 18.0. The van der Waals surface area contributed by atoms with Gasteiger partial charge in [0.15, 0.2) is 5.96 Å². The molecule has 0 aliphatic carbocycles. The van der Waals surface area contributed by atoms with Crippen LogP contribution in [-0.2, 0) is 4.74 Å². The van der Waals surface area contributed by atoms with E-state index in [9.17, 15) is 0 Å². The van der Waals surface area contributed by atoms with Crippen LogP contribution in [0.1, 0.15) is 33.1 Å². The van der Waals surface area contributed by atoms with Gasteiger partial charge in [-0.15, -0.1) is 6.58 Å². The fraction of sp³-hybridized carbons (Fsp3) is 0.800. The Bertz CT molecular complexity index is 252. The fourth-order valence-electron chi connectivity index (χ4n) is 1.66. The summed E-state index contributed by atoms with van der Waals surface area (Å²) in [5, 5.41) is 3.35. The number of rotatable bonds is 10. The normalized spacial score (nSPS) is 11.7. The molecule has 19 heavy (non-hydrogen) atoms. The van der Waals surface area contributed by atoms with E-state index in [4.69, 9.17) is 4.74 Å². The molecule has 0 fully saturated rings. The molecule has 0 saturated carbocycles. The van der Waals surface area contributed by atoms with E-state index in [-0.39, 0.29) is 0 Å². The van der Waals surface area contributed by atoms with Crippen LogP contribution >= 0.6 is 0 Å². The maximum Gasteiger partial charge on any atom is 0.193 e. The van der Waals surface area contributed by atoms with Gasteiger partial charge < -0.3 is 15.0 Å². The first-order valence-electron chi connectivity index (χ1n) is 7.22. The van der Waals surface area contributed by atoms with Crippen LogP contribution in [0.2, 0.25) is 0 Å². The van der Waals surface area contributed by atoms with Crippen molar-refractivity contribution < 1.29 is 4.74 Å². The highest BCUT2D eigenvalue weighted by molar-refractivity contribution is 5.79. The minimum atomic E-state index is 0.608. The summed E-state index contributed by atoms with van der Waals surface area (Å²) >= 11 is 0. The molecule has 0 aromatic heterocycles. The second-order valence-corrected chi connectivity index (χ2v) is 5.15. The average Bonchev–Trinajstić information content (AvgIpc) is 2.37. The smallest absolute Gasteiger partial charge is 0.193 e. The van der Waals surface area contributed by atoms with Crippen molar-refractivity contribution in [3.05, 3.63) is 12.7 Å². The van der Waals surface area contributed by atoms with Gasteiger partial charge in [-0.2, -0.15) is 0 Å². The number of aliphatic imine (C=N–C) groups is 1. The van der Waals surface area contributed by atoms with Gasteiger partial charge in [0.2, 0.25) is 0 Å². The van der Waals surface area contributed by atoms with E-state index in [1.165, 1.54) is 0 Å². The Morgan fingerprint density at radius 3 is 2.74 bits per heavy atom. The minimum Gasteiger partial charge on any atom is -0.381 e. The van der Waals surface area contributed by atoms with Crippen molar-refractivity contribution >= 4 is 5.96 Å². The van der Waals surface area contributed by atoms with Crippen LogP contribution in [0.3, 0.4) is 0 Å². The third-order valence-corrected chi connectivity index (χ3v) is 2.67. The van der Waals surface area contributed by atoms with Crippen LogP contribution in [0.5, 0.6) is 0 Å². The van der Waals surface area contributed by atoms with Crippen LogP contribution < -0.4 is 5.32 Å². The van der Waals surface area contributed by atoms with Crippen molar-refractivity contribution in [1.82, 2.24) is 10.2 Å². The van der Waals surface area contributed by atoms with Crippen LogP contribution in [0.25, 0.3) is 0 Å². The Morgan fingerprint density at radius 2 is 2.16 bits per heavy atom. The van der Waals surface area contributed by atoms with Gasteiger partial charge in [-0.3, -0.25) is 4.99 Å². The summed E-state index contributed by atoms with van der Waals surface area (Å²) in [6.07, 6.45) is 5.12. The Morgan fingerprint density at radius 1 is 1.42 bits per heavy atom. The average molecular weight is 269 g/mol. The van der Waals surface area contributed by atoms with Gasteiger partial charge in [0.1, 0.15) is 0 Å². The van der Waals surface area contributed by atoms with E-state index in [2.05, 4.69) is 42.7 Å². The number of unbranched alkanes of at least 4 members (excludes halogenated alkanes) is 1. The predicted molar refractivity (Wildman–Crippen MR) is 83.7 cm³/mol. The van der Waals surface area contributed by atoms with E-state index in [0.717, 1.165) is 51.5 Å². The molecule has 0 saturated heterocycles. The quantitative estimate of drug-likeness (QED) is 0.286. The van der Waals surface area contributed by atoms with Crippen molar-refractivity contribution in [2.45, 2.75) is 33.1 Å². The zero-order valence-electron chi connectivity index (χ0n) is 13.1. The summed E-state index contributed by atoms with van der Waals surface area (Å²) in [5.74, 6) is 1.56. The van der Waals surface area contributed by atoms with E-state index in [1.54, 1.807) is 0 Å². The first-order chi connectivity index (χ1) is 9.11. The molecule has 0 heterocycles. The zero-order valence-corrected chi connectivity index (χ0v) is 13.1. The van der Waals surface area contributed by atoms with Gasteiger partial charge in [-0.25, -0.2) is 0 Å². The lowest BCUT2D eigenvalue weighted by Gasteiger charge is -2.21. The van der Waals surface area contributed by atoms with Crippen molar-refractivity contribution in [3.63, 3.8) is 0 Å². The highest BCUT2D eigenvalue weighted by Gasteiger charge is 2.04. The SMILES string of the molecule is C=CCCCN(C)C(=NC)NCCCOCC(C)C. The Hall–Kier alpha value is -1.03. The number of hydrogen-bond acceptors (Lipinski definition) is 2. The van der Waals surface area contributed by atoms with Gasteiger partial charge in [-0.05, 0) is 25.2 Å². The standard InChI is InChI=1S/C15H31N3O/c1-6-7-8-11-18(5)15(16-4)17-10-9-12-19-13-14(2)3/h6,14H,1,7-13H2,2-5H3,(H,16,17). The van der Waals surface area contributed by atoms with Gasteiger partial charge in [0, 0.05) is 40.4 Å². The van der Waals surface area contributed by atoms with Crippen molar-refractivity contribution in [2.75, 3.05) is 40.4 Å². The number of hydrogen-bond donors (Lipinski definition) is 1. The third-order valence-electron chi connectivity index (χ3n) is 2.67. The Labute approximate surface area is 118 Å². The molecule has 0 rings (SSSR count). The molecular formula is C15H31N3O. The van der Waals surface area contributed by atoms with Gasteiger partial charge >= 0.3 is 0 Å². The number of nitrogens with zero attached hydrogens (tertiary/aromatic N) is 2. The minimum absolute atomic E-state index is 0.608. The highest BCUT2D eigenvalue weighted by Crippen LogP contribution is 1.95. The third kappa shape index (κ3) is 10.6. The van der Waals surface area contributed by atoms with Crippen LogP contribution in [0, 0.1) is 5.92 Å². The molecule has 0 bridgehead atoms. The molecule has 0 aliphatic rings. The maximum absolute atomic E-state index is 5.55. The van der Waals surface area contributed by atoms with Crippen LogP contribution in [0.4, 0.5) is 0 Å². The Kier molecular flexibility index (Phi) is 11.4. The summed E-state index contributed by atoms with van der Waals surface area (Å²) in [5.41, 5.74) is 0. The summed E-state index contributed by atoms with van der Waals surface area (Å²) in [4.78, 5) is 6.43. The molecule has 0 spiro atoms. The van der Waals surface area contributed by atoms with Crippen molar-refractivity contribution in [2.24, 2.45) is 10.9 Å². The molecule has 4 nitrogen and oxygen atoms in total. The summed E-state index contributed by atoms with van der Waals surface area (Å²) < 4.78 is 5.55. The second-order valence-electron chi connectivity index (χ2n) is 5.15. The monoisotopic (exact) mass is 269 g/mol. The molecule has 0 radical (unpaired) electrons. The van der Waals surface area contributed by atoms with E-state index >= 15 is 0 Å². The summed E-state index contributed by atoms with van der Waals surface area (Å²) in [6.45, 7) is 11.6. The molecule has 0 atom stereocenters. The lowest BCUT2D eigenvalue weighted by molar-refractivity contribution is 0.108. The molecule has 0 aromatic rings. The second kappa shape index (κ2) is 12.0. The molecule has 4 heteroatoms. The van der Waals surface area contributed by atoms with E-state index in [0.29, 0.717) is 5.92 Å². The van der Waals surface area contributed by atoms with E-state index in [1.807, 2.05) is 13.1 Å². The molecule has 0 unspecified atom stereocenters. The van der Waals surface area contributed by atoms with Gasteiger partial charge in [0.05, 0.1) is 0 Å². The molecule has 0 amide bonds.